The Morgan fingerprint density at radius 2 is 1.80 bits per heavy atom. The number of anilines is 1. The molecule has 5 rings (SSSR count). The van der Waals surface area contributed by atoms with Crippen LogP contribution in [0.4, 0.5) is 10.6 Å². The van der Waals surface area contributed by atoms with Gasteiger partial charge in [-0.3, -0.25) is 24.9 Å². The van der Waals surface area contributed by atoms with Gasteiger partial charge in [0.2, 0.25) is 5.91 Å². The summed E-state index contributed by atoms with van der Waals surface area (Å²) in [5.41, 5.74) is 1.87. The second-order valence-electron chi connectivity index (χ2n) is 11.1. The number of aromatic nitrogens is 2. The molecule has 0 bridgehead atoms. The highest BCUT2D eigenvalue weighted by Crippen LogP contribution is 2.43. The van der Waals surface area contributed by atoms with Crippen molar-refractivity contribution in [1.29, 1.82) is 5.41 Å². The molecule has 1 aromatic heterocycles. The van der Waals surface area contributed by atoms with Crippen LogP contribution in [0.25, 0.3) is 0 Å². The lowest BCUT2D eigenvalue weighted by molar-refractivity contribution is -0.124. The lowest BCUT2D eigenvalue weighted by Gasteiger charge is -2.27. The smallest absolute Gasteiger partial charge is 0.413 e. The molecule has 1 atom stereocenters. The molecule has 1 aliphatic carbocycles. The summed E-state index contributed by atoms with van der Waals surface area (Å²) in [6.45, 7) is 4.25. The number of benzene rings is 2. The lowest BCUT2D eigenvalue weighted by atomic mass is 9.87. The van der Waals surface area contributed by atoms with Gasteiger partial charge in [-0.15, -0.1) is 0 Å². The van der Waals surface area contributed by atoms with Crippen molar-refractivity contribution in [2.45, 2.75) is 70.2 Å². The molecule has 4 N–H and O–H groups in total. The highest BCUT2D eigenvalue weighted by Gasteiger charge is 2.44. The van der Waals surface area contributed by atoms with Crippen LogP contribution in [0.3, 0.4) is 0 Å². The summed E-state index contributed by atoms with van der Waals surface area (Å²) >= 11 is 6.54. The molecular weight excluding hydrogens is 544 g/mol. The second-order valence-corrected chi connectivity index (χ2v) is 11.5. The zero-order valence-corrected chi connectivity index (χ0v) is 23.8. The van der Waals surface area contributed by atoms with E-state index in [-0.39, 0.29) is 47.5 Å². The van der Waals surface area contributed by atoms with E-state index in [0.29, 0.717) is 17.7 Å². The Balaban J connectivity index is 1.19. The zero-order valence-electron chi connectivity index (χ0n) is 23.0. The maximum absolute atomic E-state index is 13.4. The standard InChI is InChI=1S/C30H33ClN6O4/c1-30(2)15-22(37-23(30)24(31)35-26(28(37)39)34-21-9-6-10-21)27(38)33-16-18-11-13-20(14-12-18)25(32)36-29(40)41-17-19-7-4-3-5-8-19/h3-5,7-8,11-14,21-22H,6,9-10,15-17H2,1-2H3,(H,33,38)(H,34,35)(H2,32,36,40)/t22-/m0/s1. The number of rotatable bonds is 8. The van der Waals surface area contributed by atoms with Crippen LogP contribution < -0.4 is 21.5 Å². The molecule has 2 aromatic carbocycles. The predicted octanol–water partition coefficient (Wildman–Crippen LogP) is 4.65. The number of amidine groups is 1. The third-order valence-electron chi connectivity index (χ3n) is 7.62. The van der Waals surface area contributed by atoms with Gasteiger partial charge < -0.3 is 15.4 Å². The Hall–Kier alpha value is -4.18. The summed E-state index contributed by atoms with van der Waals surface area (Å²) in [6, 6.07) is 15.7. The van der Waals surface area contributed by atoms with Gasteiger partial charge in [-0.1, -0.05) is 80.0 Å². The molecule has 11 heteroatoms. The normalized spacial score (nSPS) is 17.2. The first-order valence-corrected chi connectivity index (χ1v) is 14.0. The van der Waals surface area contributed by atoms with Gasteiger partial charge in [-0.05, 0) is 36.8 Å². The van der Waals surface area contributed by atoms with E-state index in [0.717, 1.165) is 30.4 Å². The highest BCUT2D eigenvalue weighted by molar-refractivity contribution is 6.30. The van der Waals surface area contributed by atoms with Crippen LogP contribution in [-0.4, -0.2) is 33.4 Å². The molecular formula is C30H33ClN6O4. The molecule has 0 spiro atoms. The average Bonchev–Trinajstić information content (AvgIpc) is 3.23. The Labute approximate surface area is 243 Å². The number of hydrogen-bond donors (Lipinski definition) is 4. The molecule has 2 heterocycles. The van der Waals surface area contributed by atoms with Gasteiger partial charge >= 0.3 is 6.09 Å². The second kappa shape index (κ2) is 11.7. The molecule has 3 aromatic rings. The molecule has 2 amide bonds. The monoisotopic (exact) mass is 576 g/mol. The van der Waals surface area contributed by atoms with E-state index in [1.807, 2.05) is 44.2 Å². The maximum Gasteiger partial charge on any atom is 0.413 e. The first-order valence-electron chi connectivity index (χ1n) is 13.6. The van der Waals surface area contributed by atoms with Gasteiger partial charge in [0.1, 0.15) is 18.5 Å². The fourth-order valence-electron chi connectivity index (χ4n) is 5.17. The van der Waals surface area contributed by atoms with E-state index >= 15 is 0 Å². The number of halogens is 1. The van der Waals surface area contributed by atoms with Gasteiger partial charge in [0.25, 0.3) is 5.56 Å². The summed E-state index contributed by atoms with van der Waals surface area (Å²) in [5, 5.41) is 17.0. The largest absolute Gasteiger partial charge is 0.444 e. The third kappa shape index (κ3) is 6.27. The van der Waals surface area contributed by atoms with Crippen LogP contribution >= 0.6 is 11.6 Å². The van der Waals surface area contributed by atoms with Crippen LogP contribution in [0.1, 0.15) is 68.0 Å². The number of ether oxygens (including phenoxy) is 1. The number of carbonyl (C=O) groups excluding carboxylic acids is 2. The molecule has 41 heavy (non-hydrogen) atoms. The number of carbonyl (C=O) groups is 2. The number of amides is 2. The fraction of sp³-hybridized carbons (Fsp3) is 0.367. The van der Waals surface area contributed by atoms with Gasteiger partial charge in [0.05, 0.1) is 5.69 Å². The van der Waals surface area contributed by atoms with Crippen LogP contribution in [0.2, 0.25) is 5.15 Å². The van der Waals surface area contributed by atoms with E-state index in [2.05, 4.69) is 20.9 Å². The number of fused-ring (bicyclic) bond motifs is 1. The van der Waals surface area contributed by atoms with Crippen molar-refractivity contribution in [2.24, 2.45) is 0 Å². The first kappa shape index (κ1) is 28.4. The van der Waals surface area contributed by atoms with Gasteiger partial charge in [0, 0.05) is 23.6 Å². The molecule has 10 nitrogen and oxygen atoms in total. The van der Waals surface area contributed by atoms with Crippen molar-refractivity contribution in [3.05, 3.63) is 92.5 Å². The van der Waals surface area contributed by atoms with Crippen molar-refractivity contribution in [3.63, 3.8) is 0 Å². The van der Waals surface area contributed by atoms with E-state index in [4.69, 9.17) is 21.7 Å². The quantitative estimate of drug-likeness (QED) is 0.227. The Morgan fingerprint density at radius 3 is 2.46 bits per heavy atom. The summed E-state index contributed by atoms with van der Waals surface area (Å²) in [7, 11) is 0. The molecule has 2 aliphatic rings. The Bertz CT molecular complexity index is 1520. The number of alkyl carbamates (subject to hydrolysis) is 1. The summed E-state index contributed by atoms with van der Waals surface area (Å²) in [4.78, 5) is 43.2. The molecule has 0 unspecified atom stereocenters. The van der Waals surface area contributed by atoms with Crippen LogP contribution in [-0.2, 0) is 28.1 Å². The van der Waals surface area contributed by atoms with Crippen molar-refractivity contribution >= 4 is 35.3 Å². The third-order valence-corrected chi connectivity index (χ3v) is 7.89. The summed E-state index contributed by atoms with van der Waals surface area (Å²) in [5.74, 6) is -0.190. The van der Waals surface area contributed by atoms with E-state index in [1.54, 1.807) is 24.3 Å². The van der Waals surface area contributed by atoms with Crippen molar-refractivity contribution in [2.75, 3.05) is 5.32 Å². The molecule has 0 saturated heterocycles. The SMILES string of the molecule is CC1(C)C[C@@H](C(=O)NCc2ccc(C(=N)NC(=O)OCc3ccccc3)cc2)n2c1c(Cl)nc(NC1CCC1)c2=O. The lowest BCUT2D eigenvalue weighted by Crippen LogP contribution is -2.38. The minimum absolute atomic E-state index is 0.0976. The summed E-state index contributed by atoms with van der Waals surface area (Å²) in [6.07, 6.45) is 2.76. The zero-order chi connectivity index (χ0) is 29.1. The van der Waals surface area contributed by atoms with Crippen molar-refractivity contribution in [3.8, 4) is 0 Å². The Kier molecular flexibility index (Phi) is 8.12. The van der Waals surface area contributed by atoms with Crippen LogP contribution in [0, 0.1) is 5.41 Å². The van der Waals surface area contributed by atoms with Gasteiger partial charge in [-0.25, -0.2) is 9.78 Å². The molecule has 214 valence electrons. The van der Waals surface area contributed by atoms with Crippen LogP contribution in [0.15, 0.2) is 59.4 Å². The molecule has 1 aliphatic heterocycles. The minimum atomic E-state index is -0.716. The minimum Gasteiger partial charge on any atom is -0.444 e. The first-order chi connectivity index (χ1) is 19.6. The van der Waals surface area contributed by atoms with Crippen molar-refractivity contribution in [1.82, 2.24) is 20.2 Å². The fourth-order valence-corrected chi connectivity index (χ4v) is 5.60. The topological polar surface area (TPSA) is 138 Å². The summed E-state index contributed by atoms with van der Waals surface area (Å²) < 4.78 is 6.67. The van der Waals surface area contributed by atoms with Crippen LogP contribution in [0.5, 0.6) is 0 Å². The van der Waals surface area contributed by atoms with Gasteiger partial charge in [-0.2, -0.15) is 0 Å². The molecule has 1 fully saturated rings. The van der Waals surface area contributed by atoms with Crippen molar-refractivity contribution < 1.29 is 14.3 Å². The van der Waals surface area contributed by atoms with E-state index in [9.17, 15) is 14.4 Å². The number of nitrogens with zero attached hydrogens (tertiary/aromatic N) is 2. The number of hydrogen-bond acceptors (Lipinski definition) is 7. The maximum atomic E-state index is 13.4. The molecule has 0 radical (unpaired) electrons. The van der Waals surface area contributed by atoms with E-state index in [1.165, 1.54) is 4.57 Å². The predicted molar refractivity (Wildman–Crippen MR) is 156 cm³/mol. The highest BCUT2D eigenvalue weighted by atomic mass is 35.5. The number of nitrogens with one attached hydrogen (secondary N) is 4. The van der Waals surface area contributed by atoms with Gasteiger partial charge in [0.15, 0.2) is 11.0 Å². The average molecular weight is 577 g/mol. The Morgan fingerprint density at radius 1 is 1.10 bits per heavy atom. The molecule has 1 saturated carbocycles. The van der Waals surface area contributed by atoms with E-state index < -0.39 is 17.6 Å².